The molecule has 0 aliphatic carbocycles. The van der Waals surface area contributed by atoms with Gasteiger partial charge in [0, 0.05) is 38.6 Å². The molecule has 1 fully saturated rings. The van der Waals surface area contributed by atoms with Crippen molar-refractivity contribution in [1.29, 1.82) is 5.26 Å². The number of halogens is 1. The molecule has 0 atom stereocenters. The highest BCUT2D eigenvalue weighted by molar-refractivity contribution is 6.32. The number of hydrogen-bond donors (Lipinski definition) is 0. The SMILES string of the molecule is N#Cc1ccc(N2CCN(c3ncccc3Cl)CC2)nc1. The minimum Gasteiger partial charge on any atom is -0.353 e. The fourth-order valence-electron chi connectivity index (χ4n) is 2.40. The largest absolute Gasteiger partial charge is 0.353 e. The summed E-state index contributed by atoms with van der Waals surface area (Å²) in [6, 6.07) is 9.46. The Morgan fingerprint density at radius 3 is 2.43 bits per heavy atom. The highest BCUT2D eigenvalue weighted by Crippen LogP contribution is 2.24. The van der Waals surface area contributed by atoms with Crippen LogP contribution in [-0.2, 0) is 0 Å². The van der Waals surface area contributed by atoms with Crippen LogP contribution in [0.1, 0.15) is 5.56 Å². The second-order valence-corrected chi connectivity index (χ2v) is 5.21. The molecule has 1 aliphatic rings. The van der Waals surface area contributed by atoms with E-state index in [4.69, 9.17) is 16.9 Å². The van der Waals surface area contributed by atoms with Crippen LogP contribution in [0.5, 0.6) is 0 Å². The third kappa shape index (κ3) is 2.91. The van der Waals surface area contributed by atoms with Crippen LogP contribution in [-0.4, -0.2) is 36.1 Å². The van der Waals surface area contributed by atoms with Gasteiger partial charge in [0.25, 0.3) is 0 Å². The highest BCUT2D eigenvalue weighted by atomic mass is 35.5. The van der Waals surface area contributed by atoms with Gasteiger partial charge in [0.05, 0.1) is 10.6 Å². The van der Waals surface area contributed by atoms with E-state index in [0.717, 1.165) is 37.8 Å². The maximum Gasteiger partial charge on any atom is 0.147 e. The minimum absolute atomic E-state index is 0.581. The van der Waals surface area contributed by atoms with Crippen LogP contribution in [0.3, 0.4) is 0 Å². The molecule has 106 valence electrons. The summed E-state index contributed by atoms with van der Waals surface area (Å²) in [5, 5.41) is 9.48. The van der Waals surface area contributed by atoms with E-state index in [1.54, 1.807) is 18.5 Å². The molecule has 6 heteroatoms. The molecule has 0 radical (unpaired) electrons. The molecule has 2 aromatic rings. The average molecular weight is 300 g/mol. The van der Waals surface area contributed by atoms with E-state index in [2.05, 4.69) is 25.8 Å². The van der Waals surface area contributed by atoms with Crippen molar-refractivity contribution in [2.24, 2.45) is 0 Å². The molecule has 0 saturated carbocycles. The number of piperazine rings is 1. The molecular formula is C15H14ClN5. The van der Waals surface area contributed by atoms with Crippen molar-refractivity contribution in [2.75, 3.05) is 36.0 Å². The predicted octanol–water partition coefficient (Wildman–Crippen LogP) is 2.33. The summed E-state index contributed by atoms with van der Waals surface area (Å²) in [5.74, 6) is 1.74. The Morgan fingerprint density at radius 2 is 1.81 bits per heavy atom. The van der Waals surface area contributed by atoms with E-state index < -0.39 is 0 Å². The van der Waals surface area contributed by atoms with Crippen LogP contribution in [0.2, 0.25) is 5.02 Å². The quantitative estimate of drug-likeness (QED) is 0.852. The third-order valence-electron chi connectivity index (χ3n) is 3.52. The van der Waals surface area contributed by atoms with E-state index in [1.807, 2.05) is 18.2 Å². The van der Waals surface area contributed by atoms with Crippen LogP contribution in [0.25, 0.3) is 0 Å². The smallest absolute Gasteiger partial charge is 0.147 e. The summed E-state index contributed by atoms with van der Waals surface area (Å²) >= 11 is 6.18. The molecule has 21 heavy (non-hydrogen) atoms. The van der Waals surface area contributed by atoms with Gasteiger partial charge in [-0.1, -0.05) is 11.6 Å². The Labute approximate surface area is 128 Å². The number of nitriles is 1. The average Bonchev–Trinajstić information content (AvgIpc) is 2.56. The number of rotatable bonds is 2. The lowest BCUT2D eigenvalue weighted by Gasteiger charge is -2.36. The van der Waals surface area contributed by atoms with Crippen molar-refractivity contribution in [3.8, 4) is 6.07 Å². The van der Waals surface area contributed by atoms with E-state index >= 15 is 0 Å². The topological polar surface area (TPSA) is 56.1 Å². The zero-order valence-corrected chi connectivity index (χ0v) is 12.2. The summed E-state index contributed by atoms with van der Waals surface area (Å²) in [7, 11) is 0. The van der Waals surface area contributed by atoms with E-state index in [-0.39, 0.29) is 0 Å². The summed E-state index contributed by atoms with van der Waals surface area (Å²) in [4.78, 5) is 13.1. The third-order valence-corrected chi connectivity index (χ3v) is 3.81. The number of aromatic nitrogens is 2. The van der Waals surface area contributed by atoms with Crippen molar-refractivity contribution in [2.45, 2.75) is 0 Å². The Hall–Kier alpha value is -2.32. The Kier molecular flexibility index (Phi) is 3.89. The molecule has 0 bridgehead atoms. The zero-order chi connectivity index (χ0) is 14.7. The van der Waals surface area contributed by atoms with Gasteiger partial charge in [-0.2, -0.15) is 5.26 Å². The van der Waals surface area contributed by atoms with Gasteiger partial charge >= 0.3 is 0 Å². The summed E-state index contributed by atoms with van der Waals surface area (Å²) in [6.07, 6.45) is 3.37. The van der Waals surface area contributed by atoms with Crippen LogP contribution < -0.4 is 9.80 Å². The first-order valence-corrected chi connectivity index (χ1v) is 7.12. The van der Waals surface area contributed by atoms with Crippen molar-refractivity contribution >= 4 is 23.2 Å². The van der Waals surface area contributed by atoms with Crippen molar-refractivity contribution in [3.63, 3.8) is 0 Å². The van der Waals surface area contributed by atoms with Crippen LogP contribution in [0.4, 0.5) is 11.6 Å². The van der Waals surface area contributed by atoms with Crippen LogP contribution in [0.15, 0.2) is 36.7 Å². The molecule has 0 amide bonds. The Balaban J connectivity index is 1.67. The molecule has 1 aliphatic heterocycles. The maximum atomic E-state index is 8.80. The number of pyridine rings is 2. The molecule has 3 heterocycles. The van der Waals surface area contributed by atoms with Gasteiger partial charge < -0.3 is 9.80 Å². The lowest BCUT2D eigenvalue weighted by molar-refractivity contribution is 0.642. The molecule has 0 N–H and O–H groups in total. The number of anilines is 2. The van der Waals surface area contributed by atoms with Gasteiger partial charge in [-0.3, -0.25) is 0 Å². The standard InChI is InChI=1S/C15H14ClN5/c16-13-2-1-5-18-15(13)21-8-6-20(7-9-21)14-4-3-12(10-17)11-19-14/h1-5,11H,6-9H2. The first-order valence-electron chi connectivity index (χ1n) is 6.74. The molecule has 5 nitrogen and oxygen atoms in total. The molecule has 0 unspecified atom stereocenters. The lowest BCUT2D eigenvalue weighted by atomic mass is 10.2. The Bertz CT molecular complexity index is 657. The zero-order valence-electron chi connectivity index (χ0n) is 11.4. The fraction of sp³-hybridized carbons (Fsp3) is 0.267. The molecular weight excluding hydrogens is 286 g/mol. The van der Waals surface area contributed by atoms with Gasteiger partial charge in [0.1, 0.15) is 17.7 Å². The van der Waals surface area contributed by atoms with Crippen molar-refractivity contribution < 1.29 is 0 Å². The predicted molar refractivity (Wildman–Crippen MR) is 82.6 cm³/mol. The summed E-state index contributed by atoms with van der Waals surface area (Å²) in [6.45, 7) is 3.40. The van der Waals surface area contributed by atoms with Gasteiger partial charge in [-0.15, -0.1) is 0 Å². The minimum atomic E-state index is 0.581. The molecule has 0 spiro atoms. The van der Waals surface area contributed by atoms with Gasteiger partial charge in [-0.05, 0) is 24.3 Å². The van der Waals surface area contributed by atoms with Crippen LogP contribution >= 0.6 is 11.6 Å². The van der Waals surface area contributed by atoms with E-state index in [9.17, 15) is 0 Å². The van der Waals surface area contributed by atoms with Crippen molar-refractivity contribution in [3.05, 3.63) is 47.2 Å². The maximum absolute atomic E-state index is 8.80. The molecule has 1 saturated heterocycles. The van der Waals surface area contributed by atoms with Gasteiger partial charge in [0.2, 0.25) is 0 Å². The second kappa shape index (κ2) is 5.98. The summed E-state index contributed by atoms with van der Waals surface area (Å²) < 4.78 is 0. The number of hydrogen-bond acceptors (Lipinski definition) is 5. The summed E-state index contributed by atoms with van der Waals surface area (Å²) in [5.41, 5.74) is 0.581. The molecule has 3 rings (SSSR count). The fourth-order valence-corrected chi connectivity index (χ4v) is 2.64. The van der Waals surface area contributed by atoms with E-state index in [1.165, 1.54) is 0 Å². The monoisotopic (exact) mass is 299 g/mol. The van der Waals surface area contributed by atoms with Crippen LogP contribution in [0, 0.1) is 11.3 Å². The lowest BCUT2D eigenvalue weighted by Crippen LogP contribution is -2.47. The first kappa shape index (κ1) is 13.7. The van der Waals surface area contributed by atoms with E-state index in [0.29, 0.717) is 10.6 Å². The second-order valence-electron chi connectivity index (χ2n) is 4.80. The van der Waals surface area contributed by atoms with Crippen molar-refractivity contribution in [1.82, 2.24) is 9.97 Å². The Morgan fingerprint density at radius 1 is 1.05 bits per heavy atom. The first-order chi connectivity index (χ1) is 10.3. The molecule has 0 aromatic carbocycles. The normalized spacial score (nSPS) is 14.9. The number of nitrogens with zero attached hydrogens (tertiary/aromatic N) is 5. The van der Waals surface area contributed by atoms with Gasteiger partial charge in [0.15, 0.2) is 0 Å². The van der Waals surface area contributed by atoms with Gasteiger partial charge in [-0.25, -0.2) is 9.97 Å². The highest BCUT2D eigenvalue weighted by Gasteiger charge is 2.20. The molecule has 2 aromatic heterocycles.